The molecule has 0 saturated carbocycles. The fourth-order valence-corrected chi connectivity index (χ4v) is 8.88. The number of amides is 1. The molecule has 0 aromatic heterocycles. The van der Waals surface area contributed by atoms with Crippen molar-refractivity contribution in [1.29, 1.82) is 0 Å². The number of aromatic hydroxyl groups is 2. The smallest absolute Gasteiger partial charge is 0.312 e. The quantitative estimate of drug-likeness (QED) is 0.209. The highest BCUT2D eigenvalue weighted by atomic mass is 16.7. The second-order valence-electron chi connectivity index (χ2n) is 17.0. The molecule has 6 rings (SSSR count). The van der Waals surface area contributed by atoms with Crippen molar-refractivity contribution in [3.63, 3.8) is 0 Å². The van der Waals surface area contributed by atoms with E-state index in [0.717, 1.165) is 0 Å². The van der Waals surface area contributed by atoms with Gasteiger partial charge < -0.3 is 49.6 Å². The summed E-state index contributed by atoms with van der Waals surface area (Å²) in [6.45, 7) is 5.59. The first kappa shape index (κ1) is 36.8. The minimum Gasteiger partial charge on any atom is -0.507 e. The summed E-state index contributed by atoms with van der Waals surface area (Å²) < 4.78 is 80.0. The number of piperidine rings is 1. The molecule has 332 valence electrons. The third kappa shape index (κ3) is 8.54. The van der Waals surface area contributed by atoms with Crippen LogP contribution in [0.5, 0.6) is 17.2 Å². The number of carbonyl (C=O) groups excluding carboxylic acids is 3. The number of hydrogen-bond donors (Lipinski definition) is 5. The van der Waals surface area contributed by atoms with E-state index >= 15 is 0 Å². The normalized spacial score (nSPS) is 34.9. The predicted molar refractivity (Wildman–Crippen MR) is 228 cm³/mol. The number of fused-ring (bicyclic) bond motifs is 1. The molecule has 4 aliphatic heterocycles. The van der Waals surface area contributed by atoms with Crippen LogP contribution in [-0.4, -0.2) is 106 Å². The lowest BCUT2D eigenvalue weighted by Gasteiger charge is -2.38. The molecule has 1 fully saturated rings. The monoisotopic (exact) mass is 853 g/mol. The predicted octanol–water partition coefficient (Wildman–Crippen LogP) is 4.75. The summed E-state index contributed by atoms with van der Waals surface area (Å²) >= 11 is 0. The average Bonchev–Trinajstić information content (AvgIpc) is 3.76. The number of rotatable bonds is 4. The standard InChI is InChI=1S/C46H62N4O11/c1-22(2)21-50-18-16-46(17-19-50)48-34-31-32-39(54)28(8)42-33(31)43(56)45(10,61-42)59-20-15-30(58-11)25(5)41(60-29(9)51)27(7)38(53)26(6)37(52)23(3)13-12-14-24(4)44(57)47-36(40(32)55)35(34)49-46/h12-15,20,22-23,25-27,30,37-38,41,52-55H,16-19,21H2,1-11H3,(H,47,57)/b13-12-,20-15-,24-14-/t23-,25+,26+,27+,30-,37-,38+,41+,45-/m0/s1/i1D3,2D3,22D. The number of Topliss-reactive ketones (excluding diaryl/α,β-unsaturated/α-hetero) is 1. The molecule has 2 aromatic rings. The van der Waals surface area contributed by atoms with Gasteiger partial charge in [-0.2, -0.15) is 0 Å². The Hall–Kier alpha value is -4.83. The molecule has 1 spiro atoms. The third-order valence-corrected chi connectivity index (χ3v) is 12.6. The van der Waals surface area contributed by atoms with Gasteiger partial charge in [-0.1, -0.05) is 59.6 Å². The summed E-state index contributed by atoms with van der Waals surface area (Å²) in [6, 6.07) is 0. The number of carbonyl (C=O) groups is 3. The number of nitrogens with zero attached hydrogens (tertiary/aromatic N) is 3. The van der Waals surface area contributed by atoms with Crippen LogP contribution in [0.25, 0.3) is 10.8 Å². The van der Waals surface area contributed by atoms with Crippen LogP contribution in [0.4, 0.5) is 5.69 Å². The Balaban J connectivity index is 1.52. The van der Waals surface area contributed by atoms with E-state index in [9.17, 15) is 34.8 Å². The number of allylic oxidation sites excluding steroid dienone is 2. The van der Waals surface area contributed by atoms with Gasteiger partial charge in [-0.25, -0.2) is 0 Å². The Morgan fingerprint density at radius 1 is 1.02 bits per heavy atom. The molecule has 15 nitrogen and oxygen atoms in total. The van der Waals surface area contributed by atoms with Crippen LogP contribution in [0.1, 0.15) is 101 Å². The van der Waals surface area contributed by atoms with E-state index in [2.05, 4.69) is 5.32 Å². The first-order chi connectivity index (χ1) is 31.4. The van der Waals surface area contributed by atoms with Crippen molar-refractivity contribution in [2.24, 2.45) is 39.6 Å². The minimum atomic E-state index is -3.15. The molecule has 1 amide bonds. The molecular weight excluding hydrogens is 785 g/mol. The SMILES string of the molecule is [2H]C([2H])([2H])C([2H])(CN1CCC2(CC1)N=c1c3c(O)c4c(O)c(C)c5c(c4c1=N2)C(=O)[C@@](C)(O/C=C\[C@H](OC)[C@@H](C)[C@@H](OC(C)=O)[C@H](C)[C@H](O)[C@H](C)[C@@H](O)[C@@H](C)/C=C\C=C(\C)C(=O)N3)O5)C([2H])([2H])[2H]. The van der Waals surface area contributed by atoms with Crippen LogP contribution in [0.3, 0.4) is 0 Å². The zero-order chi connectivity index (χ0) is 50.8. The number of phenolic OH excluding ortho intramolecular Hbond substituents is 2. The fraction of sp³-hybridized carbons (Fsp3) is 0.587. The van der Waals surface area contributed by atoms with Crippen LogP contribution >= 0.6 is 0 Å². The lowest BCUT2D eigenvalue weighted by atomic mass is 9.78. The van der Waals surface area contributed by atoms with Crippen molar-refractivity contribution in [1.82, 2.24) is 4.90 Å². The van der Waals surface area contributed by atoms with Crippen molar-refractivity contribution < 1.29 is 63.4 Å². The van der Waals surface area contributed by atoms with Gasteiger partial charge in [-0.3, -0.25) is 24.4 Å². The number of aliphatic hydroxyl groups excluding tert-OH is 2. The van der Waals surface area contributed by atoms with Gasteiger partial charge >= 0.3 is 11.8 Å². The van der Waals surface area contributed by atoms with Gasteiger partial charge in [0.15, 0.2) is 11.4 Å². The van der Waals surface area contributed by atoms with Crippen LogP contribution < -0.4 is 20.8 Å². The highest BCUT2D eigenvalue weighted by molar-refractivity contribution is 6.19. The molecule has 4 aliphatic rings. The number of hydrogen-bond acceptors (Lipinski definition) is 14. The maximum atomic E-state index is 14.8. The Kier molecular flexibility index (Phi) is 10.6. The summed E-state index contributed by atoms with van der Waals surface area (Å²) in [5.41, 5.74) is -1.53. The number of esters is 1. The van der Waals surface area contributed by atoms with Gasteiger partial charge in [0.1, 0.15) is 28.6 Å². The van der Waals surface area contributed by atoms with Crippen LogP contribution in [0.2, 0.25) is 0 Å². The molecule has 61 heavy (non-hydrogen) atoms. The molecule has 15 heteroatoms. The summed E-state index contributed by atoms with van der Waals surface area (Å²) in [5, 5.41) is 49.4. The molecule has 5 N–H and O–H groups in total. The van der Waals surface area contributed by atoms with E-state index in [-0.39, 0.29) is 75.6 Å². The van der Waals surface area contributed by atoms with Crippen LogP contribution in [-0.2, 0) is 23.8 Å². The third-order valence-electron chi connectivity index (χ3n) is 12.6. The number of anilines is 1. The first-order valence-corrected chi connectivity index (χ1v) is 20.5. The highest BCUT2D eigenvalue weighted by Gasteiger charge is 2.50. The topological polar surface area (TPSA) is 209 Å². The lowest BCUT2D eigenvalue weighted by Crippen LogP contribution is -2.46. The van der Waals surface area contributed by atoms with Crippen LogP contribution in [0, 0.1) is 36.5 Å². The van der Waals surface area contributed by atoms with Gasteiger partial charge in [-0.05, 0) is 25.8 Å². The lowest BCUT2D eigenvalue weighted by molar-refractivity contribution is -0.160. The van der Waals surface area contributed by atoms with Gasteiger partial charge in [-0.15, -0.1) is 0 Å². The molecular formula is C46H62N4O11. The fourth-order valence-electron chi connectivity index (χ4n) is 8.88. The molecule has 4 bridgehead atoms. The molecule has 2 aromatic carbocycles. The molecule has 0 aliphatic carbocycles. The van der Waals surface area contributed by atoms with Gasteiger partial charge in [0.25, 0.3) is 11.7 Å². The van der Waals surface area contributed by atoms with Crippen molar-refractivity contribution in [2.45, 2.75) is 118 Å². The summed E-state index contributed by atoms with van der Waals surface area (Å²) in [5.74, 6) is -10.8. The molecule has 1 saturated heterocycles. The van der Waals surface area contributed by atoms with Crippen molar-refractivity contribution in [3.05, 3.63) is 58.0 Å². The number of ketones is 1. The van der Waals surface area contributed by atoms with E-state index in [1.807, 2.05) is 0 Å². The van der Waals surface area contributed by atoms with Crippen molar-refractivity contribution >= 4 is 34.1 Å². The van der Waals surface area contributed by atoms with E-state index in [4.69, 9.17) is 38.5 Å². The zero-order valence-electron chi connectivity index (χ0n) is 43.0. The number of ether oxygens (including phenoxy) is 4. The van der Waals surface area contributed by atoms with Gasteiger partial charge in [0, 0.05) is 103 Å². The molecule has 4 heterocycles. The first-order valence-electron chi connectivity index (χ1n) is 24.0. The highest BCUT2D eigenvalue weighted by Crippen LogP contribution is 2.50. The Bertz CT molecular complexity index is 2560. The van der Waals surface area contributed by atoms with E-state index in [1.54, 1.807) is 44.7 Å². The number of phenols is 2. The van der Waals surface area contributed by atoms with E-state index in [0.29, 0.717) is 0 Å². The second kappa shape index (κ2) is 17.5. The average molecular weight is 854 g/mol. The minimum absolute atomic E-state index is 0.0127. The summed E-state index contributed by atoms with van der Waals surface area (Å²) in [6.07, 6.45) is 3.44. The maximum Gasteiger partial charge on any atom is 0.312 e. The number of methoxy groups -OCH3 is 1. The number of likely N-dealkylation sites (tertiary alicyclic amines) is 1. The molecule has 0 unspecified atom stereocenters. The number of aliphatic hydroxyl groups is 2. The largest absolute Gasteiger partial charge is 0.507 e. The second-order valence-corrected chi connectivity index (χ2v) is 17.0. The van der Waals surface area contributed by atoms with Crippen LogP contribution in [0.15, 0.2) is 46.1 Å². The number of benzene rings is 2. The van der Waals surface area contributed by atoms with Gasteiger partial charge in [0.2, 0.25) is 0 Å². The van der Waals surface area contributed by atoms with E-state index < -0.39 is 115 Å². The van der Waals surface area contributed by atoms with Crippen molar-refractivity contribution in [3.8, 4) is 17.2 Å². The van der Waals surface area contributed by atoms with Gasteiger partial charge in [0.05, 0.1) is 40.9 Å². The maximum absolute atomic E-state index is 14.8. The summed E-state index contributed by atoms with van der Waals surface area (Å²) in [4.78, 5) is 52.7. The molecule has 0 radical (unpaired) electrons. The number of nitrogens with one attached hydrogen (secondary N) is 1. The Morgan fingerprint density at radius 2 is 1.69 bits per heavy atom. The molecule has 9 atom stereocenters. The Morgan fingerprint density at radius 3 is 2.33 bits per heavy atom. The Labute approximate surface area is 366 Å². The van der Waals surface area contributed by atoms with Crippen molar-refractivity contribution in [2.75, 3.05) is 32.1 Å². The summed E-state index contributed by atoms with van der Waals surface area (Å²) in [7, 11) is 1.42. The van der Waals surface area contributed by atoms with E-state index in [1.165, 1.54) is 53.2 Å². The zero-order valence-corrected chi connectivity index (χ0v) is 36.0.